The molecule has 1 saturated heterocycles. The minimum absolute atomic E-state index is 0.00703. The van der Waals surface area contributed by atoms with E-state index in [4.69, 9.17) is 4.74 Å². The Balaban J connectivity index is 1.45. The third-order valence-corrected chi connectivity index (χ3v) is 7.08. The molecule has 0 spiro atoms. The van der Waals surface area contributed by atoms with Gasteiger partial charge in [0.05, 0.1) is 30.6 Å². The smallest absolute Gasteiger partial charge is 0.243 e. The van der Waals surface area contributed by atoms with Crippen molar-refractivity contribution in [1.82, 2.24) is 9.47 Å². The number of benzene rings is 3. The molecule has 0 bridgehead atoms. The lowest BCUT2D eigenvalue weighted by atomic mass is 9.96. The van der Waals surface area contributed by atoms with Gasteiger partial charge in [-0.3, -0.25) is 9.52 Å². The number of sulfonamides is 1. The van der Waals surface area contributed by atoms with Crippen LogP contribution >= 0.6 is 0 Å². The minimum atomic E-state index is -3.40. The number of fused-ring (bicyclic) bond motifs is 2. The normalized spacial score (nSPS) is 16.3. The summed E-state index contributed by atoms with van der Waals surface area (Å²) in [6, 6.07) is 19.5. The number of nitrogens with one attached hydrogen (secondary N) is 1. The molecule has 0 saturated carbocycles. The molecule has 3 aromatic carbocycles. The fourth-order valence-electron chi connectivity index (χ4n) is 5.04. The Morgan fingerprint density at radius 3 is 2.59 bits per heavy atom. The van der Waals surface area contributed by atoms with Crippen molar-refractivity contribution in [1.29, 1.82) is 0 Å². The quantitative estimate of drug-likeness (QED) is 0.442. The van der Waals surface area contributed by atoms with Crippen molar-refractivity contribution in [2.75, 3.05) is 24.6 Å². The molecular formula is C26H27N3O4S. The van der Waals surface area contributed by atoms with Crippen molar-refractivity contribution in [2.45, 2.75) is 25.4 Å². The number of hydrogen-bond acceptors (Lipinski definition) is 4. The Morgan fingerprint density at radius 1 is 1.03 bits per heavy atom. The van der Waals surface area contributed by atoms with Crippen LogP contribution in [0.3, 0.4) is 0 Å². The first-order chi connectivity index (χ1) is 16.4. The second kappa shape index (κ2) is 8.68. The summed E-state index contributed by atoms with van der Waals surface area (Å²) in [7, 11) is -1.73. The number of rotatable bonds is 6. The summed E-state index contributed by atoms with van der Waals surface area (Å²) < 4.78 is 33.4. The molecule has 8 heteroatoms. The Labute approximate surface area is 199 Å². The molecule has 1 amide bonds. The molecule has 5 rings (SSSR count). The highest BCUT2D eigenvalue weighted by Gasteiger charge is 2.31. The van der Waals surface area contributed by atoms with Gasteiger partial charge >= 0.3 is 0 Å². The van der Waals surface area contributed by atoms with E-state index >= 15 is 0 Å². The second-order valence-corrected chi connectivity index (χ2v) is 10.5. The summed E-state index contributed by atoms with van der Waals surface area (Å²) in [6.45, 7) is 0.903. The van der Waals surface area contributed by atoms with Crippen LogP contribution in [0.15, 0.2) is 66.9 Å². The maximum Gasteiger partial charge on any atom is 0.243 e. The Bertz CT molecular complexity index is 1490. The molecule has 2 heterocycles. The van der Waals surface area contributed by atoms with Gasteiger partial charge in [0.15, 0.2) is 0 Å². The number of likely N-dealkylation sites (tertiary alicyclic amines) is 1. The van der Waals surface area contributed by atoms with Crippen molar-refractivity contribution in [3.63, 3.8) is 0 Å². The van der Waals surface area contributed by atoms with Gasteiger partial charge in [-0.05, 0) is 48.1 Å². The molecule has 1 unspecified atom stereocenters. The standard InChI is InChI=1S/C26H27N3O4S/c1-33-25-13-12-19(18-7-3-4-8-20(18)25)24-11-6-15-29(24)26(30)17-28-16-14-21-22(27-34(2,31)32)9-5-10-23(21)28/h3-5,7-10,12-14,16,24,27H,6,11,15,17H2,1-2H3. The van der Waals surface area contributed by atoms with Gasteiger partial charge in [-0.25, -0.2) is 8.42 Å². The summed E-state index contributed by atoms with van der Waals surface area (Å²) >= 11 is 0. The van der Waals surface area contributed by atoms with Crippen LogP contribution in [-0.2, 0) is 21.4 Å². The molecule has 7 nitrogen and oxygen atoms in total. The fourth-order valence-corrected chi connectivity index (χ4v) is 5.62. The molecule has 1 aliphatic rings. The van der Waals surface area contributed by atoms with Gasteiger partial charge < -0.3 is 14.2 Å². The third kappa shape index (κ3) is 4.09. The first-order valence-electron chi connectivity index (χ1n) is 11.3. The van der Waals surface area contributed by atoms with E-state index in [0.29, 0.717) is 12.2 Å². The minimum Gasteiger partial charge on any atom is -0.496 e. The van der Waals surface area contributed by atoms with Crippen LogP contribution in [0, 0.1) is 0 Å². The third-order valence-electron chi connectivity index (χ3n) is 6.48. The summed E-state index contributed by atoms with van der Waals surface area (Å²) in [4.78, 5) is 15.5. The van der Waals surface area contributed by atoms with E-state index in [0.717, 1.165) is 52.1 Å². The van der Waals surface area contributed by atoms with Crippen molar-refractivity contribution in [3.8, 4) is 5.75 Å². The predicted octanol–water partition coefficient (Wildman–Crippen LogP) is 4.54. The van der Waals surface area contributed by atoms with Gasteiger partial charge in [0.25, 0.3) is 0 Å². The van der Waals surface area contributed by atoms with Gasteiger partial charge in [0.2, 0.25) is 15.9 Å². The predicted molar refractivity (Wildman–Crippen MR) is 135 cm³/mol. The summed E-state index contributed by atoms with van der Waals surface area (Å²) in [5.74, 6) is 0.869. The van der Waals surface area contributed by atoms with Crippen LogP contribution in [-0.4, -0.2) is 43.7 Å². The Kier molecular flexibility index (Phi) is 5.69. The monoisotopic (exact) mass is 477 g/mol. The first-order valence-corrected chi connectivity index (χ1v) is 13.2. The number of ether oxygens (including phenoxy) is 1. The second-order valence-electron chi connectivity index (χ2n) is 8.70. The van der Waals surface area contributed by atoms with E-state index in [2.05, 4.69) is 16.9 Å². The van der Waals surface area contributed by atoms with Crippen molar-refractivity contribution in [2.24, 2.45) is 0 Å². The zero-order chi connectivity index (χ0) is 23.9. The molecule has 1 N–H and O–H groups in total. The Morgan fingerprint density at radius 2 is 1.82 bits per heavy atom. The van der Waals surface area contributed by atoms with E-state index in [1.165, 1.54) is 0 Å². The number of carbonyl (C=O) groups excluding carboxylic acids is 1. The maximum atomic E-state index is 13.5. The average molecular weight is 478 g/mol. The highest BCUT2D eigenvalue weighted by atomic mass is 32.2. The van der Waals surface area contributed by atoms with Crippen LogP contribution in [0.4, 0.5) is 5.69 Å². The van der Waals surface area contributed by atoms with Crippen LogP contribution in [0.25, 0.3) is 21.7 Å². The van der Waals surface area contributed by atoms with Gasteiger partial charge in [0, 0.05) is 23.5 Å². The number of aromatic nitrogens is 1. The van der Waals surface area contributed by atoms with E-state index in [9.17, 15) is 13.2 Å². The average Bonchev–Trinajstić information content (AvgIpc) is 3.45. The zero-order valence-electron chi connectivity index (χ0n) is 19.2. The molecule has 4 aromatic rings. The van der Waals surface area contributed by atoms with Crippen molar-refractivity contribution in [3.05, 3.63) is 72.4 Å². The van der Waals surface area contributed by atoms with Gasteiger partial charge in [-0.2, -0.15) is 0 Å². The molecule has 34 heavy (non-hydrogen) atoms. The van der Waals surface area contributed by atoms with E-state index in [1.54, 1.807) is 19.2 Å². The molecule has 1 atom stereocenters. The zero-order valence-corrected chi connectivity index (χ0v) is 20.0. The molecule has 0 radical (unpaired) electrons. The largest absolute Gasteiger partial charge is 0.496 e. The summed E-state index contributed by atoms with van der Waals surface area (Å²) in [5, 5.41) is 2.92. The number of hydrogen-bond donors (Lipinski definition) is 1. The molecule has 1 fully saturated rings. The van der Waals surface area contributed by atoms with Crippen molar-refractivity contribution < 1.29 is 17.9 Å². The first kappa shape index (κ1) is 22.3. The topological polar surface area (TPSA) is 80.6 Å². The van der Waals surface area contributed by atoms with Gasteiger partial charge in [-0.1, -0.05) is 36.4 Å². The molecule has 1 aromatic heterocycles. The highest BCUT2D eigenvalue weighted by Crippen LogP contribution is 2.39. The summed E-state index contributed by atoms with van der Waals surface area (Å²) in [6.07, 6.45) is 4.83. The van der Waals surface area contributed by atoms with Crippen LogP contribution in [0.2, 0.25) is 0 Å². The van der Waals surface area contributed by atoms with Crippen LogP contribution in [0.1, 0.15) is 24.4 Å². The van der Waals surface area contributed by atoms with Crippen LogP contribution < -0.4 is 9.46 Å². The van der Waals surface area contributed by atoms with Crippen LogP contribution in [0.5, 0.6) is 5.75 Å². The molecular weight excluding hydrogens is 450 g/mol. The molecule has 0 aliphatic carbocycles. The van der Waals surface area contributed by atoms with E-state index < -0.39 is 10.0 Å². The lowest BCUT2D eigenvalue weighted by Gasteiger charge is -2.27. The number of methoxy groups -OCH3 is 1. The van der Waals surface area contributed by atoms with E-state index in [-0.39, 0.29) is 18.5 Å². The lowest BCUT2D eigenvalue weighted by molar-refractivity contribution is -0.132. The van der Waals surface area contributed by atoms with Crippen molar-refractivity contribution >= 4 is 43.3 Å². The molecule has 1 aliphatic heterocycles. The fraction of sp³-hybridized carbons (Fsp3) is 0.269. The van der Waals surface area contributed by atoms with Gasteiger partial charge in [-0.15, -0.1) is 0 Å². The highest BCUT2D eigenvalue weighted by molar-refractivity contribution is 7.92. The number of amides is 1. The summed E-state index contributed by atoms with van der Waals surface area (Å²) in [5.41, 5.74) is 2.46. The number of anilines is 1. The van der Waals surface area contributed by atoms with Gasteiger partial charge in [0.1, 0.15) is 12.3 Å². The lowest BCUT2D eigenvalue weighted by Crippen LogP contribution is -2.33. The Hall–Kier alpha value is -3.52. The molecule has 176 valence electrons. The number of nitrogens with zero attached hydrogens (tertiary/aromatic N) is 2. The number of carbonyl (C=O) groups is 1. The maximum absolute atomic E-state index is 13.5. The SMILES string of the molecule is COc1ccc(C2CCCN2C(=O)Cn2ccc3c(NS(C)(=O)=O)cccc32)c2ccccc12. The van der Waals surface area contributed by atoms with E-state index in [1.807, 2.05) is 52.1 Å².